The Kier molecular flexibility index (Phi) is 4.31. The molecule has 0 N–H and O–H groups in total. The Labute approximate surface area is 153 Å². The molecule has 4 heteroatoms. The van der Waals surface area contributed by atoms with Crippen LogP contribution in [0.3, 0.4) is 0 Å². The van der Waals surface area contributed by atoms with Crippen molar-refractivity contribution < 1.29 is 19.1 Å². The third-order valence-corrected chi connectivity index (χ3v) is 5.06. The highest BCUT2D eigenvalue weighted by Crippen LogP contribution is 2.41. The topological polar surface area (TPSA) is 60.4 Å². The molecule has 3 rings (SSSR count). The van der Waals surface area contributed by atoms with Crippen molar-refractivity contribution in [2.45, 2.75) is 33.8 Å². The van der Waals surface area contributed by atoms with E-state index in [2.05, 4.69) is 0 Å². The van der Waals surface area contributed by atoms with Crippen molar-refractivity contribution in [3.63, 3.8) is 0 Å². The Hall–Kier alpha value is -2.75. The van der Waals surface area contributed by atoms with Gasteiger partial charge in [-0.3, -0.25) is 14.4 Å². The molecule has 0 amide bonds. The molecule has 0 bridgehead atoms. The summed E-state index contributed by atoms with van der Waals surface area (Å²) in [4.78, 5) is 37.9. The quantitative estimate of drug-likeness (QED) is 0.475. The minimum Gasteiger partial charge on any atom is -0.452 e. The van der Waals surface area contributed by atoms with Crippen LogP contribution in [0.25, 0.3) is 11.1 Å². The monoisotopic (exact) mass is 350 g/mol. The van der Waals surface area contributed by atoms with Gasteiger partial charge in [0.1, 0.15) is 5.41 Å². The Morgan fingerprint density at radius 3 is 1.96 bits per heavy atom. The molecule has 0 unspecified atom stereocenters. The van der Waals surface area contributed by atoms with Crippen LogP contribution in [0.1, 0.15) is 38.1 Å². The van der Waals surface area contributed by atoms with Gasteiger partial charge in [-0.15, -0.1) is 0 Å². The summed E-state index contributed by atoms with van der Waals surface area (Å²) in [6, 6.07) is 16.9. The third-order valence-electron chi connectivity index (χ3n) is 5.06. The maximum atomic E-state index is 12.9. The predicted molar refractivity (Wildman–Crippen MR) is 98.7 cm³/mol. The van der Waals surface area contributed by atoms with Crippen LogP contribution in [-0.2, 0) is 14.3 Å². The normalized spacial score (nSPS) is 21.2. The molecule has 1 atom stereocenters. The first-order chi connectivity index (χ1) is 12.2. The summed E-state index contributed by atoms with van der Waals surface area (Å²) < 4.78 is 5.41. The van der Waals surface area contributed by atoms with E-state index in [1.807, 2.05) is 42.5 Å². The van der Waals surface area contributed by atoms with E-state index in [4.69, 9.17) is 4.74 Å². The van der Waals surface area contributed by atoms with Gasteiger partial charge in [0.15, 0.2) is 11.9 Å². The van der Waals surface area contributed by atoms with Crippen LogP contribution in [0, 0.1) is 10.8 Å². The van der Waals surface area contributed by atoms with Crippen molar-refractivity contribution in [3.05, 3.63) is 60.2 Å². The van der Waals surface area contributed by atoms with Crippen LogP contribution in [0.4, 0.5) is 0 Å². The highest BCUT2D eigenvalue weighted by molar-refractivity contribution is 6.13. The van der Waals surface area contributed by atoms with Gasteiger partial charge in [0.05, 0.1) is 5.41 Å². The van der Waals surface area contributed by atoms with Gasteiger partial charge in [-0.25, -0.2) is 0 Å². The maximum absolute atomic E-state index is 12.9. The van der Waals surface area contributed by atoms with E-state index in [1.165, 1.54) is 13.8 Å². The molecule has 26 heavy (non-hydrogen) atoms. The molecule has 1 heterocycles. The van der Waals surface area contributed by atoms with Gasteiger partial charge in [-0.2, -0.15) is 0 Å². The summed E-state index contributed by atoms with van der Waals surface area (Å²) in [5.41, 5.74) is 0.138. The van der Waals surface area contributed by atoms with Crippen LogP contribution >= 0.6 is 0 Å². The molecule has 0 aliphatic carbocycles. The molecular formula is C22H22O4. The lowest BCUT2D eigenvalue weighted by Gasteiger charge is -2.42. The predicted octanol–water partition coefficient (Wildman–Crippen LogP) is 4.08. The van der Waals surface area contributed by atoms with Crippen LogP contribution < -0.4 is 0 Å². The molecule has 1 aliphatic heterocycles. The summed E-state index contributed by atoms with van der Waals surface area (Å²) in [5.74, 6) is -1.28. The molecule has 1 aliphatic rings. The van der Waals surface area contributed by atoms with Crippen molar-refractivity contribution in [2.75, 3.05) is 0 Å². The van der Waals surface area contributed by atoms with Crippen LogP contribution in [0.5, 0.6) is 0 Å². The van der Waals surface area contributed by atoms with Gasteiger partial charge in [0, 0.05) is 5.56 Å². The Morgan fingerprint density at radius 1 is 0.846 bits per heavy atom. The maximum Gasteiger partial charge on any atom is 0.319 e. The molecule has 0 spiro atoms. The Bertz CT molecular complexity index is 861. The lowest BCUT2D eigenvalue weighted by molar-refractivity contribution is -0.181. The van der Waals surface area contributed by atoms with Crippen molar-refractivity contribution in [2.24, 2.45) is 10.8 Å². The smallest absolute Gasteiger partial charge is 0.319 e. The number of cyclic esters (lactones) is 1. The fraction of sp³-hybridized carbons (Fsp3) is 0.318. The standard InChI is InChI=1S/C22H22O4/c1-21(2)18(26-20(25)22(3,4)19(21)24)17(23)16-12-10-15(11-13-16)14-8-6-5-7-9-14/h5-13,18H,1-4H3/t18-/m1/s1. The first kappa shape index (κ1) is 18.1. The largest absolute Gasteiger partial charge is 0.452 e. The van der Waals surface area contributed by atoms with E-state index < -0.39 is 22.9 Å². The first-order valence-electron chi connectivity index (χ1n) is 8.61. The van der Waals surface area contributed by atoms with Gasteiger partial charge < -0.3 is 4.74 Å². The van der Waals surface area contributed by atoms with E-state index in [9.17, 15) is 14.4 Å². The molecule has 0 aromatic heterocycles. The van der Waals surface area contributed by atoms with E-state index >= 15 is 0 Å². The number of carbonyl (C=O) groups excluding carboxylic acids is 3. The second kappa shape index (κ2) is 6.20. The summed E-state index contributed by atoms with van der Waals surface area (Å²) in [6.07, 6.45) is -1.11. The highest BCUT2D eigenvalue weighted by Gasteiger charge is 2.57. The summed E-state index contributed by atoms with van der Waals surface area (Å²) in [7, 11) is 0. The molecule has 134 valence electrons. The number of Topliss-reactive ketones (excluding diaryl/α,β-unsaturated/α-hetero) is 2. The minimum absolute atomic E-state index is 0.277. The number of rotatable bonds is 3. The highest BCUT2D eigenvalue weighted by atomic mass is 16.6. The lowest BCUT2D eigenvalue weighted by Crippen LogP contribution is -2.58. The third kappa shape index (κ3) is 2.85. The summed E-state index contributed by atoms with van der Waals surface area (Å²) in [5, 5.41) is 0. The first-order valence-corrected chi connectivity index (χ1v) is 8.61. The van der Waals surface area contributed by atoms with Crippen LogP contribution in [0.2, 0.25) is 0 Å². The van der Waals surface area contributed by atoms with Crippen molar-refractivity contribution in [1.82, 2.24) is 0 Å². The van der Waals surface area contributed by atoms with Gasteiger partial charge in [0.25, 0.3) is 0 Å². The average molecular weight is 350 g/mol. The lowest BCUT2D eigenvalue weighted by atomic mass is 9.67. The number of carbonyl (C=O) groups is 3. The molecule has 2 aromatic carbocycles. The van der Waals surface area contributed by atoms with Gasteiger partial charge in [-0.1, -0.05) is 54.6 Å². The number of benzene rings is 2. The molecule has 0 radical (unpaired) electrons. The molecule has 1 fully saturated rings. The number of hydrogen-bond acceptors (Lipinski definition) is 4. The number of hydrogen-bond donors (Lipinski definition) is 0. The number of esters is 1. The number of ether oxygens (including phenoxy) is 1. The van der Waals surface area contributed by atoms with E-state index in [1.54, 1.807) is 26.0 Å². The van der Waals surface area contributed by atoms with Gasteiger partial charge in [0.2, 0.25) is 5.78 Å². The second-order valence-electron chi connectivity index (χ2n) is 7.77. The Morgan fingerprint density at radius 2 is 1.38 bits per heavy atom. The Balaban J connectivity index is 1.89. The molecule has 4 nitrogen and oxygen atoms in total. The molecule has 1 saturated heterocycles. The average Bonchev–Trinajstić information content (AvgIpc) is 2.64. The van der Waals surface area contributed by atoms with Gasteiger partial charge >= 0.3 is 5.97 Å². The van der Waals surface area contributed by atoms with Crippen molar-refractivity contribution in [3.8, 4) is 11.1 Å². The summed E-state index contributed by atoms with van der Waals surface area (Å²) >= 11 is 0. The zero-order chi connectivity index (χ0) is 19.1. The van der Waals surface area contributed by atoms with E-state index in [0.29, 0.717) is 5.56 Å². The second-order valence-corrected chi connectivity index (χ2v) is 7.77. The van der Waals surface area contributed by atoms with Gasteiger partial charge in [-0.05, 0) is 38.8 Å². The molecule has 2 aromatic rings. The fourth-order valence-corrected chi connectivity index (χ4v) is 3.41. The minimum atomic E-state index is -1.24. The SMILES string of the molecule is CC1(C)C(=O)O[C@H](C(=O)c2ccc(-c3ccccc3)cc2)C(C)(C)C1=O. The number of ketones is 2. The van der Waals surface area contributed by atoms with Crippen molar-refractivity contribution in [1.29, 1.82) is 0 Å². The zero-order valence-corrected chi connectivity index (χ0v) is 15.4. The molecular weight excluding hydrogens is 328 g/mol. The zero-order valence-electron chi connectivity index (χ0n) is 15.4. The van der Waals surface area contributed by atoms with E-state index in [0.717, 1.165) is 11.1 Å². The fourth-order valence-electron chi connectivity index (χ4n) is 3.41. The molecule has 0 saturated carbocycles. The van der Waals surface area contributed by atoms with E-state index in [-0.39, 0.29) is 11.6 Å². The van der Waals surface area contributed by atoms with Crippen LogP contribution in [0.15, 0.2) is 54.6 Å². The van der Waals surface area contributed by atoms with Crippen molar-refractivity contribution >= 4 is 17.5 Å². The summed E-state index contributed by atoms with van der Waals surface area (Å²) in [6.45, 7) is 6.39. The van der Waals surface area contributed by atoms with Crippen LogP contribution in [-0.4, -0.2) is 23.6 Å².